The first-order valence-corrected chi connectivity index (χ1v) is 10.4. The van der Waals surface area contributed by atoms with Gasteiger partial charge in [-0.1, -0.05) is 44.2 Å². The lowest BCUT2D eigenvalue weighted by molar-refractivity contribution is -0.126. The molecule has 0 spiro atoms. The lowest BCUT2D eigenvalue weighted by atomic mass is 9.97. The van der Waals surface area contributed by atoms with E-state index in [9.17, 15) is 13.2 Å². The van der Waals surface area contributed by atoms with Crippen LogP contribution in [0.25, 0.3) is 0 Å². The van der Waals surface area contributed by atoms with E-state index in [1.54, 1.807) is 0 Å². The Labute approximate surface area is 145 Å². The van der Waals surface area contributed by atoms with Gasteiger partial charge in [0, 0.05) is 19.6 Å². The maximum atomic E-state index is 12.4. The fraction of sp³-hybridized carbons (Fsp3) is 0.611. The van der Waals surface area contributed by atoms with Crippen LogP contribution in [0.5, 0.6) is 0 Å². The molecule has 0 aromatic heterocycles. The van der Waals surface area contributed by atoms with Crippen LogP contribution >= 0.6 is 0 Å². The molecule has 2 atom stereocenters. The Kier molecular flexibility index (Phi) is 6.80. The molecule has 1 fully saturated rings. The molecule has 1 N–H and O–H groups in total. The Hall–Kier alpha value is -1.40. The van der Waals surface area contributed by atoms with E-state index >= 15 is 0 Å². The minimum atomic E-state index is -3.22. The van der Waals surface area contributed by atoms with Gasteiger partial charge in [-0.15, -0.1) is 0 Å². The highest BCUT2D eigenvalue weighted by molar-refractivity contribution is 7.89. The SMILES string of the molecule is CCCS(=O)(=O)N1CCCC(C(=O)NCC(C)c2ccccc2)C1. The molecule has 2 unspecified atom stereocenters. The number of benzene rings is 1. The van der Waals surface area contributed by atoms with Crippen molar-refractivity contribution in [1.82, 2.24) is 9.62 Å². The molecule has 0 radical (unpaired) electrons. The summed E-state index contributed by atoms with van der Waals surface area (Å²) in [5.41, 5.74) is 1.19. The van der Waals surface area contributed by atoms with Crippen LogP contribution in [-0.4, -0.2) is 44.0 Å². The summed E-state index contributed by atoms with van der Waals surface area (Å²) in [6, 6.07) is 10.1. The van der Waals surface area contributed by atoms with Gasteiger partial charge in [-0.3, -0.25) is 4.79 Å². The maximum absolute atomic E-state index is 12.4. The number of hydrogen-bond donors (Lipinski definition) is 1. The van der Waals surface area contributed by atoms with Crippen LogP contribution < -0.4 is 5.32 Å². The van der Waals surface area contributed by atoms with E-state index in [2.05, 4.69) is 24.4 Å². The highest BCUT2D eigenvalue weighted by Gasteiger charge is 2.31. The summed E-state index contributed by atoms with van der Waals surface area (Å²) >= 11 is 0. The zero-order chi connectivity index (χ0) is 17.6. The standard InChI is InChI=1S/C18H28N2O3S/c1-3-12-24(22,23)20-11-7-10-17(14-20)18(21)19-13-15(2)16-8-5-4-6-9-16/h4-6,8-9,15,17H,3,7,10-14H2,1-2H3,(H,19,21). The topological polar surface area (TPSA) is 66.5 Å². The fourth-order valence-electron chi connectivity index (χ4n) is 3.09. The number of carbonyl (C=O) groups is 1. The molecule has 1 aliphatic heterocycles. The molecule has 1 saturated heterocycles. The van der Waals surface area contributed by atoms with Crippen LogP contribution in [0, 0.1) is 5.92 Å². The summed E-state index contributed by atoms with van der Waals surface area (Å²) in [7, 11) is -3.22. The molecule has 2 rings (SSSR count). The number of hydrogen-bond acceptors (Lipinski definition) is 3. The molecular formula is C18H28N2O3S. The van der Waals surface area contributed by atoms with Crippen molar-refractivity contribution in [2.45, 2.75) is 39.0 Å². The number of sulfonamides is 1. The first-order chi connectivity index (χ1) is 11.4. The second-order valence-corrected chi connectivity index (χ2v) is 8.66. The molecule has 1 aliphatic rings. The molecule has 1 amide bonds. The van der Waals surface area contributed by atoms with Crippen LogP contribution in [0.1, 0.15) is 44.6 Å². The minimum Gasteiger partial charge on any atom is -0.355 e. The molecule has 0 aliphatic carbocycles. The Morgan fingerprint density at radius 2 is 2.04 bits per heavy atom. The Morgan fingerprint density at radius 3 is 2.71 bits per heavy atom. The average molecular weight is 353 g/mol. The normalized spacial score (nSPS) is 20.5. The summed E-state index contributed by atoms with van der Waals surface area (Å²) in [6.07, 6.45) is 2.10. The van der Waals surface area contributed by atoms with Crippen LogP contribution in [-0.2, 0) is 14.8 Å². The summed E-state index contributed by atoms with van der Waals surface area (Å²) in [6.45, 7) is 5.35. The maximum Gasteiger partial charge on any atom is 0.224 e. The van der Waals surface area contributed by atoms with Crippen molar-refractivity contribution in [2.75, 3.05) is 25.4 Å². The van der Waals surface area contributed by atoms with Gasteiger partial charge in [-0.2, -0.15) is 0 Å². The summed E-state index contributed by atoms with van der Waals surface area (Å²) < 4.78 is 25.9. The van der Waals surface area contributed by atoms with Gasteiger partial charge >= 0.3 is 0 Å². The van der Waals surface area contributed by atoms with Crippen LogP contribution in [0.3, 0.4) is 0 Å². The zero-order valence-corrected chi connectivity index (χ0v) is 15.4. The van der Waals surface area contributed by atoms with Crippen LogP contribution in [0.15, 0.2) is 30.3 Å². The Morgan fingerprint density at radius 1 is 1.33 bits per heavy atom. The third-order valence-corrected chi connectivity index (χ3v) is 6.60. The second-order valence-electron chi connectivity index (χ2n) is 6.57. The number of carbonyl (C=O) groups excluding carboxylic acids is 1. The lowest BCUT2D eigenvalue weighted by Gasteiger charge is -2.31. The first-order valence-electron chi connectivity index (χ1n) is 8.74. The van der Waals surface area contributed by atoms with Crippen molar-refractivity contribution >= 4 is 15.9 Å². The highest BCUT2D eigenvalue weighted by Crippen LogP contribution is 2.20. The van der Waals surface area contributed by atoms with Gasteiger partial charge in [0.1, 0.15) is 0 Å². The summed E-state index contributed by atoms with van der Waals surface area (Å²) in [5, 5.41) is 2.99. The van der Waals surface area contributed by atoms with Crippen molar-refractivity contribution in [3.05, 3.63) is 35.9 Å². The quantitative estimate of drug-likeness (QED) is 0.819. The Bertz CT molecular complexity index is 631. The van der Waals surface area contributed by atoms with Crippen molar-refractivity contribution in [3.8, 4) is 0 Å². The number of nitrogens with one attached hydrogen (secondary N) is 1. The van der Waals surface area contributed by atoms with E-state index in [0.29, 0.717) is 26.1 Å². The lowest BCUT2D eigenvalue weighted by Crippen LogP contribution is -2.46. The zero-order valence-electron chi connectivity index (χ0n) is 14.6. The van der Waals surface area contributed by atoms with Crippen LogP contribution in [0.4, 0.5) is 0 Å². The average Bonchev–Trinajstić information content (AvgIpc) is 2.60. The van der Waals surface area contributed by atoms with Crippen molar-refractivity contribution in [3.63, 3.8) is 0 Å². The van der Waals surface area contributed by atoms with Crippen molar-refractivity contribution in [2.24, 2.45) is 5.92 Å². The third-order valence-electron chi connectivity index (χ3n) is 4.56. The molecular weight excluding hydrogens is 324 g/mol. The molecule has 1 aromatic carbocycles. The predicted octanol–water partition coefficient (Wildman–Crippen LogP) is 2.36. The third kappa shape index (κ3) is 5.05. The van der Waals surface area contributed by atoms with Crippen molar-refractivity contribution < 1.29 is 13.2 Å². The fourth-order valence-corrected chi connectivity index (χ4v) is 4.68. The van der Waals surface area contributed by atoms with Gasteiger partial charge in [0.15, 0.2) is 0 Å². The molecule has 24 heavy (non-hydrogen) atoms. The van der Waals surface area contributed by atoms with Gasteiger partial charge in [0.05, 0.1) is 11.7 Å². The van der Waals surface area contributed by atoms with E-state index < -0.39 is 10.0 Å². The molecule has 1 aromatic rings. The molecule has 134 valence electrons. The van der Waals surface area contributed by atoms with Gasteiger partial charge in [-0.05, 0) is 30.7 Å². The van der Waals surface area contributed by atoms with E-state index in [1.165, 1.54) is 9.87 Å². The largest absolute Gasteiger partial charge is 0.355 e. The molecule has 6 heteroatoms. The number of piperidine rings is 1. The molecule has 5 nitrogen and oxygen atoms in total. The predicted molar refractivity (Wildman–Crippen MR) is 96.2 cm³/mol. The van der Waals surface area contributed by atoms with Gasteiger partial charge in [-0.25, -0.2) is 12.7 Å². The van der Waals surface area contributed by atoms with Gasteiger partial charge in [0.25, 0.3) is 0 Å². The Balaban J connectivity index is 1.88. The highest BCUT2D eigenvalue weighted by atomic mass is 32.2. The number of rotatable bonds is 7. The van der Waals surface area contributed by atoms with E-state index in [0.717, 1.165) is 12.8 Å². The second kappa shape index (κ2) is 8.62. The molecule has 1 heterocycles. The number of nitrogens with zero attached hydrogens (tertiary/aromatic N) is 1. The van der Waals surface area contributed by atoms with E-state index in [4.69, 9.17) is 0 Å². The molecule has 0 saturated carbocycles. The monoisotopic (exact) mass is 352 g/mol. The van der Waals surface area contributed by atoms with Gasteiger partial charge in [0.2, 0.25) is 15.9 Å². The molecule has 0 bridgehead atoms. The first kappa shape index (κ1) is 18.9. The van der Waals surface area contributed by atoms with Crippen molar-refractivity contribution in [1.29, 1.82) is 0 Å². The number of amides is 1. The smallest absolute Gasteiger partial charge is 0.224 e. The minimum absolute atomic E-state index is 0.0332. The van der Waals surface area contributed by atoms with E-state index in [1.807, 2.05) is 25.1 Å². The van der Waals surface area contributed by atoms with E-state index in [-0.39, 0.29) is 23.5 Å². The van der Waals surface area contributed by atoms with Crippen LogP contribution in [0.2, 0.25) is 0 Å². The van der Waals surface area contributed by atoms with Gasteiger partial charge < -0.3 is 5.32 Å². The summed E-state index contributed by atoms with van der Waals surface area (Å²) in [5.74, 6) is 0.119. The summed E-state index contributed by atoms with van der Waals surface area (Å²) in [4.78, 5) is 12.4.